The molecule has 2 fully saturated rings. The lowest BCUT2D eigenvalue weighted by Crippen LogP contribution is -2.45. The van der Waals surface area contributed by atoms with E-state index in [1.165, 1.54) is 51.6 Å². The highest BCUT2D eigenvalue weighted by atomic mass is 35.5. The van der Waals surface area contributed by atoms with Crippen molar-refractivity contribution in [2.45, 2.75) is 56.9 Å². The number of rotatable bonds is 2. The van der Waals surface area contributed by atoms with Gasteiger partial charge in [0.05, 0.1) is 0 Å². The number of halogens is 1. The van der Waals surface area contributed by atoms with Crippen LogP contribution in [0.25, 0.3) is 0 Å². The number of hydrogen-bond donors (Lipinski definition) is 0. The van der Waals surface area contributed by atoms with Crippen LogP contribution in [0.2, 0.25) is 0 Å². The van der Waals surface area contributed by atoms with E-state index in [0.29, 0.717) is 11.4 Å². The second-order valence-electron chi connectivity index (χ2n) is 5.04. The summed E-state index contributed by atoms with van der Waals surface area (Å²) >= 11 is 6.31. The van der Waals surface area contributed by atoms with Gasteiger partial charge < -0.3 is 0 Å². The molecule has 0 bridgehead atoms. The first-order chi connectivity index (χ1) is 6.77. The Bertz CT molecular complexity index is 177. The molecule has 0 spiro atoms. The van der Waals surface area contributed by atoms with Crippen LogP contribution in [0.3, 0.4) is 0 Å². The Morgan fingerprint density at radius 3 is 2.57 bits per heavy atom. The molecular weight excluding hydrogens is 194 g/mol. The molecule has 1 aliphatic carbocycles. The minimum Gasteiger partial charge on any atom is -0.299 e. The molecule has 1 saturated carbocycles. The highest BCUT2D eigenvalue weighted by molar-refractivity contribution is 6.21. The van der Waals surface area contributed by atoms with Crippen molar-refractivity contribution in [2.75, 3.05) is 13.1 Å². The van der Waals surface area contributed by atoms with Crippen molar-refractivity contribution in [2.24, 2.45) is 5.92 Å². The second-order valence-corrected chi connectivity index (χ2v) is 5.60. The van der Waals surface area contributed by atoms with Gasteiger partial charge in [-0.25, -0.2) is 0 Å². The third-order valence-corrected chi connectivity index (χ3v) is 4.57. The second kappa shape index (κ2) is 4.85. The Labute approximate surface area is 92.8 Å². The van der Waals surface area contributed by atoms with Crippen LogP contribution in [0.5, 0.6) is 0 Å². The first-order valence-corrected chi connectivity index (χ1v) is 6.59. The summed E-state index contributed by atoms with van der Waals surface area (Å²) in [5, 5.41) is 0.394. The quantitative estimate of drug-likeness (QED) is 0.640. The molecule has 0 N–H and O–H groups in total. The Morgan fingerprint density at radius 1 is 1.14 bits per heavy atom. The highest BCUT2D eigenvalue weighted by Gasteiger charge is 2.28. The largest absolute Gasteiger partial charge is 0.299 e. The van der Waals surface area contributed by atoms with Crippen molar-refractivity contribution in [1.29, 1.82) is 0 Å². The van der Waals surface area contributed by atoms with Crippen LogP contribution in [0.1, 0.15) is 45.4 Å². The third-order valence-electron chi connectivity index (χ3n) is 3.99. The molecule has 2 aliphatic rings. The lowest BCUT2D eigenvalue weighted by atomic mass is 10.00. The molecule has 2 unspecified atom stereocenters. The molecule has 1 saturated heterocycles. The summed E-state index contributed by atoms with van der Waals surface area (Å²) in [5.41, 5.74) is 0. The Morgan fingerprint density at radius 2 is 1.86 bits per heavy atom. The van der Waals surface area contributed by atoms with Gasteiger partial charge in [-0.3, -0.25) is 4.90 Å². The Kier molecular flexibility index (Phi) is 3.73. The molecule has 0 aromatic carbocycles. The van der Waals surface area contributed by atoms with Gasteiger partial charge in [-0.1, -0.05) is 12.8 Å². The third kappa shape index (κ3) is 2.43. The smallest absolute Gasteiger partial charge is 0.0489 e. The maximum Gasteiger partial charge on any atom is 0.0489 e. The SMILES string of the molecule is CC1C(Cl)CCCN1CC1CCCC1. The molecule has 0 radical (unpaired) electrons. The summed E-state index contributed by atoms with van der Waals surface area (Å²) in [7, 11) is 0. The van der Waals surface area contributed by atoms with Gasteiger partial charge >= 0.3 is 0 Å². The molecule has 82 valence electrons. The van der Waals surface area contributed by atoms with Crippen LogP contribution in [0.15, 0.2) is 0 Å². The van der Waals surface area contributed by atoms with Crippen LogP contribution in [0, 0.1) is 5.92 Å². The Balaban J connectivity index is 1.83. The molecule has 0 aromatic heterocycles. The maximum absolute atomic E-state index is 6.31. The van der Waals surface area contributed by atoms with Crippen molar-refractivity contribution in [3.05, 3.63) is 0 Å². The van der Waals surface area contributed by atoms with Gasteiger partial charge in [-0.05, 0) is 45.1 Å². The summed E-state index contributed by atoms with van der Waals surface area (Å²) < 4.78 is 0. The van der Waals surface area contributed by atoms with Crippen molar-refractivity contribution < 1.29 is 0 Å². The van der Waals surface area contributed by atoms with E-state index in [0.717, 1.165) is 5.92 Å². The number of alkyl halides is 1. The van der Waals surface area contributed by atoms with Gasteiger partial charge in [-0.2, -0.15) is 0 Å². The van der Waals surface area contributed by atoms with Crippen LogP contribution in [0.4, 0.5) is 0 Å². The molecule has 1 aliphatic heterocycles. The van der Waals surface area contributed by atoms with Crippen molar-refractivity contribution in [3.8, 4) is 0 Å². The molecule has 2 atom stereocenters. The first kappa shape index (κ1) is 10.8. The monoisotopic (exact) mass is 215 g/mol. The minimum absolute atomic E-state index is 0.394. The first-order valence-electron chi connectivity index (χ1n) is 6.15. The molecule has 2 rings (SSSR count). The molecule has 2 heteroatoms. The van der Waals surface area contributed by atoms with E-state index in [4.69, 9.17) is 11.6 Å². The average molecular weight is 216 g/mol. The lowest BCUT2D eigenvalue weighted by Gasteiger charge is -2.38. The predicted octanol–water partition coefficient (Wildman–Crippen LogP) is 3.27. The van der Waals surface area contributed by atoms with Gasteiger partial charge in [0.1, 0.15) is 0 Å². The zero-order chi connectivity index (χ0) is 9.97. The van der Waals surface area contributed by atoms with Crippen molar-refractivity contribution >= 4 is 11.6 Å². The molecule has 1 heterocycles. The number of piperidine rings is 1. The minimum atomic E-state index is 0.394. The number of hydrogen-bond acceptors (Lipinski definition) is 1. The van der Waals surface area contributed by atoms with E-state index in [9.17, 15) is 0 Å². The van der Waals surface area contributed by atoms with Crippen LogP contribution < -0.4 is 0 Å². The summed E-state index contributed by atoms with van der Waals surface area (Å²) in [6.45, 7) is 4.89. The van der Waals surface area contributed by atoms with E-state index < -0.39 is 0 Å². The van der Waals surface area contributed by atoms with E-state index in [-0.39, 0.29) is 0 Å². The van der Waals surface area contributed by atoms with Crippen LogP contribution in [-0.2, 0) is 0 Å². The van der Waals surface area contributed by atoms with Crippen LogP contribution in [-0.4, -0.2) is 29.4 Å². The van der Waals surface area contributed by atoms with Gasteiger partial charge in [0.15, 0.2) is 0 Å². The summed E-state index contributed by atoms with van der Waals surface area (Å²) in [6.07, 6.45) is 8.33. The number of likely N-dealkylation sites (tertiary alicyclic amines) is 1. The zero-order valence-corrected chi connectivity index (χ0v) is 9.97. The van der Waals surface area contributed by atoms with E-state index in [1.54, 1.807) is 0 Å². The van der Waals surface area contributed by atoms with E-state index >= 15 is 0 Å². The highest BCUT2D eigenvalue weighted by Crippen LogP contribution is 2.29. The summed E-state index contributed by atoms with van der Waals surface area (Å²) in [6, 6.07) is 0.603. The fourth-order valence-corrected chi connectivity index (χ4v) is 3.26. The molecule has 0 amide bonds. The van der Waals surface area contributed by atoms with Gasteiger partial charge in [0.2, 0.25) is 0 Å². The molecule has 1 nitrogen and oxygen atoms in total. The summed E-state index contributed by atoms with van der Waals surface area (Å²) in [4.78, 5) is 2.62. The molecule has 14 heavy (non-hydrogen) atoms. The van der Waals surface area contributed by atoms with E-state index in [1.807, 2.05) is 0 Å². The zero-order valence-electron chi connectivity index (χ0n) is 9.21. The normalized spacial score (nSPS) is 36.4. The van der Waals surface area contributed by atoms with E-state index in [2.05, 4.69) is 11.8 Å². The lowest BCUT2D eigenvalue weighted by molar-refractivity contribution is 0.140. The predicted molar refractivity (Wildman–Crippen MR) is 61.9 cm³/mol. The fourth-order valence-electron chi connectivity index (χ4n) is 2.95. The maximum atomic E-state index is 6.31. The number of nitrogens with zero attached hydrogens (tertiary/aromatic N) is 1. The summed E-state index contributed by atoms with van der Waals surface area (Å²) in [5.74, 6) is 0.972. The standard InChI is InChI=1S/C12H22ClN/c1-10-12(13)7-4-8-14(10)9-11-5-2-3-6-11/h10-12H,2-9H2,1H3. The van der Waals surface area contributed by atoms with Gasteiger partial charge in [0, 0.05) is 18.0 Å². The molecular formula is C12H22ClN. The average Bonchev–Trinajstić information content (AvgIpc) is 2.66. The Hall–Kier alpha value is 0.250. The topological polar surface area (TPSA) is 3.24 Å². The van der Waals surface area contributed by atoms with Gasteiger partial charge in [-0.15, -0.1) is 11.6 Å². The van der Waals surface area contributed by atoms with Crippen molar-refractivity contribution in [1.82, 2.24) is 4.90 Å². The van der Waals surface area contributed by atoms with Crippen LogP contribution >= 0.6 is 11.6 Å². The van der Waals surface area contributed by atoms with Crippen molar-refractivity contribution in [3.63, 3.8) is 0 Å². The fraction of sp³-hybridized carbons (Fsp3) is 1.00. The molecule has 0 aromatic rings. The van der Waals surface area contributed by atoms with Gasteiger partial charge in [0.25, 0.3) is 0 Å².